The van der Waals surface area contributed by atoms with Gasteiger partial charge < -0.3 is 9.47 Å². The number of carbonyl (C=O) groups excluding carboxylic acids is 1. The highest BCUT2D eigenvalue weighted by Gasteiger charge is 2.27. The van der Waals surface area contributed by atoms with Crippen LogP contribution < -0.4 is 0 Å². The molecule has 114 valence electrons. The Morgan fingerprint density at radius 3 is 3.10 bits per heavy atom. The first-order chi connectivity index (χ1) is 10.3. The van der Waals surface area contributed by atoms with Gasteiger partial charge >= 0.3 is 0 Å². The number of likely N-dealkylation sites (tertiary alicyclic amines) is 1. The molecule has 1 aromatic rings. The van der Waals surface area contributed by atoms with Crippen LogP contribution in [0.4, 0.5) is 0 Å². The number of hydrogen-bond donors (Lipinski definition) is 0. The molecule has 0 unspecified atom stereocenters. The summed E-state index contributed by atoms with van der Waals surface area (Å²) in [7, 11) is 0. The highest BCUT2D eigenvalue weighted by molar-refractivity contribution is 5.76. The van der Waals surface area contributed by atoms with Crippen LogP contribution in [-0.4, -0.2) is 33.4 Å². The summed E-state index contributed by atoms with van der Waals surface area (Å²) in [6.45, 7) is 3.90. The van der Waals surface area contributed by atoms with E-state index in [0.717, 1.165) is 51.0 Å². The van der Waals surface area contributed by atoms with Crippen molar-refractivity contribution in [3.63, 3.8) is 0 Å². The third-order valence-electron chi connectivity index (χ3n) is 4.76. The summed E-state index contributed by atoms with van der Waals surface area (Å²) in [5.74, 6) is 1.93. The van der Waals surface area contributed by atoms with Crippen molar-refractivity contribution in [1.29, 1.82) is 0 Å². The van der Waals surface area contributed by atoms with E-state index in [1.165, 1.54) is 0 Å². The molecule has 21 heavy (non-hydrogen) atoms. The highest BCUT2D eigenvalue weighted by atomic mass is 16.2. The summed E-state index contributed by atoms with van der Waals surface area (Å²) in [6.07, 6.45) is 14.5. The Labute approximate surface area is 126 Å². The molecule has 0 saturated carbocycles. The predicted octanol–water partition coefficient (Wildman–Crippen LogP) is 2.97. The van der Waals surface area contributed by atoms with Crippen LogP contribution in [0.3, 0.4) is 0 Å². The second-order valence-corrected chi connectivity index (χ2v) is 6.21. The molecule has 2 aliphatic rings. The maximum absolute atomic E-state index is 12.5. The molecule has 4 heteroatoms. The second-order valence-electron chi connectivity index (χ2n) is 6.21. The van der Waals surface area contributed by atoms with Crippen molar-refractivity contribution in [2.24, 2.45) is 5.92 Å². The number of aromatic nitrogens is 2. The van der Waals surface area contributed by atoms with Gasteiger partial charge in [-0.1, -0.05) is 19.1 Å². The van der Waals surface area contributed by atoms with Crippen molar-refractivity contribution in [3.8, 4) is 0 Å². The van der Waals surface area contributed by atoms with Gasteiger partial charge in [0.15, 0.2) is 0 Å². The van der Waals surface area contributed by atoms with Crippen LogP contribution in [0, 0.1) is 5.92 Å². The van der Waals surface area contributed by atoms with Gasteiger partial charge in [0.05, 0.1) is 6.04 Å². The van der Waals surface area contributed by atoms with E-state index in [0.29, 0.717) is 24.3 Å². The summed E-state index contributed by atoms with van der Waals surface area (Å²) in [5, 5.41) is 0. The third-order valence-corrected chi connectivity index (χ3v) is 4.76. The zero-order valence-electron chi connectivity index (χ0n) is 12.9. The molecule has 0 spiro atoms. The lowest BCUT2D eigenvalue weighted by atomic mass is 10.0. The van der Waals surface area contributed by atoms with Crippen molar-refractivity contribution in [3.05, 3.63) is 30.4 Å². The zero-order valence-corrected chi connectivity index (χ0v) is 12.9. The highest BCUT2D eigenvalue weighted by Crippen LogP contribution is 2.26. The molecule has 1 amide bonds. The first-order valence-corrected chi connectivity index (χ1v) is 8.24. The molecule has 1 saturated heterocycles. The Hall–Kier alpha value is -1.58. The smallest absolute Gasteiger partial charge is 0.223 e. The Kier molecular flexibility index (Phi) is 4.42. The lowest BCUT2D eigenvalue weighted by molar-refractivity contribution is -0.133. The molecule has 0 bridgehead atoms. The van der Waals surface area contributed by atoms with E-state index < -0.39 is 0 Å². The van der Waals surface area contributed by atoms with E-state index in [-0.39, 0.29) is 0 Å². The second kappa shape index (κ2) is 6.46. The van der Waals surface area contributed by atoms with Crippen molar-refractivity contribution >= 4 is 5.91 Å². The fourth-order valence-electron chi connectivity index (χ4n) is 3.58. The van der Waals surface area contributed by atoms with Gasteiger partial charge in [-0.25, -0.2) is 4.98 Å². The topological polar surface area (TPSA) is 38.1 Å². The lowest BCUT2D eigenvalue weighted by Crippen LogP contribution is -2.41. The zero-order chi connectivity index (χ0) is 14.7. The molecule has 1 aliphatic carbocycles. The molecular formula is C17H25N3O. The van der Waals surface area contributed by atoms with Crippen LogP contribution in [-0.2, 0) is 11.2 Å². The van der Waals surface area contributed by atoms with E-state index in [4.69, 9.17) is 0 Å². The third kappa shape index (κ3) is 3.20. The average Bonchev–Trinajstić information content (AvgIpc) is 3.18. The molecular weight excluding hydrogens is 262 g/mol. The van der Waals surface area contributed by atoms with Gasteiger partial charge in [-0.05, 0) is 31.6 Å². The van der Waals surface area contributed by atoms with E-state index in [1.54, 1.807) is 0 Å². The average molecular weight is 287 g/mol. The minimum absolute atomic E-state index is 0.328. The van der Waals surface area contributed by atoms with E-state index >= 15 is 0 Å². The number of carbonyl (C=O) groups is 1. The molecule has 3 rings (SSSR count). The quantitative estimate of drug-likeness (QED) is 0.799. The molecule has 4 nitrogen and oxygen atoms in total. The standard InChI is InChI=1S/C17H25N3O/c1-2-16-18-9-11-20(16)15-8-5-10-19(13-15)17(21)12-14-6-3-4-7-14/h3,6,9,11,14-15H,2,4-5,7-8,10,12-13H2,1H3/t14-,15-/m1/s1. The van der Waals surface area contributed by atoms with Crippen molar-refractivity contribution in [2.75, 3.05) is 13.1 Å². The molecule has 2 heterocycles. The molecule has 1 aliphatic heterocycles. The number of allylic oxidation sites excluding steroid dienone is 2. The van der Waals surface area contributed by atoms with Gasteiger partial charge in [-0.15, -0.1) is 0 Å². The van der Waals surface area contributed by atoms with Gasteiger partial charge in [0.1, 0.15) is 5.82 Å². The molecule has 0 aromatic carbocycles. The number of hydrogen-bond acceptors (Lipinski definition) is 2. The Balaban J connectivity index is 1.62. The summed E-state index contributed by atoms with van der Waals surface area (Å²) in [4.78, 5) is 19.0. The first-order valence-electron chi connectivity index (χ1n) is 8.24. The Bertz CT molecular complexity index is 520. The number of imidazole rings is 1. The number of piperidine rings is 1. The number of amides is 1. The van der Waals surface area contributed by atoms with Crippen LogP contribution in [0.15, 0.2) is 24.5 Å². The largest absolute Gasteiger partial charge is 0.341 e. The summed E-state index contributed by atoms with van der Waals surface area (Å²) >= 11 is 0. The van der Waals surface area contributed by atoms with Gasteiger partial charge in [-0.3, -0.25) is 4.79 Å². The Morgan fingerprint density at radius 1 is 1.43 bits per heavy atom. The fourth-order valence-corrected chi connectivity index (χ4v) is 3.58. The molecule has 2 atom stereocenters. The number of aryl methyl sites for hydroxylation is 1. The molecule has 0 radical (unpaired) electrons. The van der Waals surface area contributed by atoms with Gasteiger partial charge in [0, 0.05) is 38.3 Å². The van der Waals surface area contributed by atoms with Crippen LogP contribution >= 0.6 is 0 Å². The normalized spacial score (nSPS) is 25.5. The Morgan fingerprint density at radius 2 is 2.33 bits per heavy atom. The summed E-state index contributed by atoms with van der Waals surface area (Å²) in [5.41, 5.74) is 0. The maximum atomic E-state index is 12.5. The molecule has 1 aromatic heterocycles. The summed E-state index contributed by atoms with van der Waals surface area (Å²) < 4.78 is 2.27. The van der Waals surface area contributed by atoms with Crippen molar-refractivity contribution in [1.82, 2.24) is 14.5 Å². The minimum Gasteiger partial charge on any atom is -0.341 e. The van der Waals surface area contributed by atoms with E-state index in [1.807, 2.05) is 6.20 Å². The molecule has 1 fully saturated rings. The maximum Gasteiger partial charge on any atom is 0.223 e. The van der Waals surface area contributed by atoms with Crippen LogP contribution in [0.1, 0.15) is 50.9 Å². The van der Waals surface area contributed by atoms with Crippen molar-refractivity contribution in [2.45, 2.75) is 51.5 Å². The van der Waals surface area contributed by atoms with Gasteiger partial charge in [0.2, 0.25) is 5.91 Å². The SMILES string of the molecule is CCc1nccn1[C@@H]1CCCN(C(=O)C[C@@H]2C=CCC2)C1. The lowest BCUT2D eigenvalue weighted by Gasteiger charge is -2.34. The predicted molar refractivity (Wildman–Crippen MR) is 82.9 cm³/mol. The van der Waals surface area contributed by atoms with E-state index in [2.05, 4.69) is 39.7 Å². The summed E-state index contributed by atoms with van der Waals surface area (Å²) in [6, 6.07) is 0.402. The van der Waals surface area contributed by atoms with Crippen LogP contribution in [0.5, 0.6) is 0 Å². The van der Waals surface area contributed by atoms with Crippen molar-refractivity contribution < 1.29 is 4.79 Å². The van der Waals surface area contributed by atoms with Crippen LogP contribution in [0.2, 0.25) is 0 Å². The first kappa shape index (κ1) is 14.4. The number of rotatable bonds is 4. The number of nitrogens with zero attached hydrogens (tertiary/aromatic N) is 3. The van der Waals surface area contributed by atoms with Gasteiger partial charge in [0.25, 0.3) is 0 Å². The van der Waals surface area contributed by atoms with Gasteiger partial charge in [-0.2, -0.15) is 0 Å². The fraction of sp³-hybridized carbons (Fsp3) is 0.647. The van der Waals surface area contributed by atoms with Crippen LogP contribution in [0.25, 0.3) is 0 Å². The molecule has 0 N–H and O–H groups in total. The monoisotopic (exact) mass is 287 g/mol. The van der Waals surface area contributed by atoms with E-state index in [9.17, 15) is 4.79 Å². The minimum atomic E-state index is 0.328.